The Balaban J connectivity index is 1.94. The molecule has 1 amide bonds. The first kappa shape index (κ1) is 16.3. The Morgan fingerprint density at radius 2 is 1.71 bits per heavy atom. The maximum atomic E-state index is 12.3. The molecule has 0 aromatic heterocycles. The Morgan fingerprint density at radius 1 is 1.04 bits per heavy atom. The van der Waals surface area contributed by atoms with Gasteiger partial charge in [-0.2, -0.15) is 0 Å². The summed E-state index contributed by atoms with van der Waals surface area (Å²) in [5.41, 5.74) is 9.11. The highest BCUT2D eigenvalue weighted by Crippen LogP contribution is 2.40. The standard InChI is InChI=1S/C19H22N2O3/c1-4-12-5-8-14(9-6-12)21-18(17(20)19(21)22)13-7-10-15(23-2)16(11-13)24-3/h5-11,17-18H,4,20H2,1-3H3/t17-,18-/m1/s1. The largest absolute Gasteiger partial charge is 0.493 e. The number of rotatable bonds is 5. The van der Waals surface area contributed by atoms with Crippen LogP contribution in [0.25, 0.3) is 0 Å². The number of aryl methyl sites for hydroxylation is 1. The van der Waals surface area contributed by atoms with Crippen molar-refractivity contribution in [2.24, 2.45) is 5.73 Å². The van der Waals surface area contributed by atoms with Gasteiger partial charge in [0, 0.05) is 5.69 Å². The van der Waals surface area contributed by atoms with Gasteiger partial charge in [0.1, 0.15) is 6.04 Å². The minimum absolute atomic E-state index is 0.0703. The van der Waals surface area contributed by atoms with E-state index in [0.29, 0.717) is 11.5 Å². The lowest BCUT2D eigenvalue weighted by Gasteiger charge is -2.45. The first-order valence-electron chi connectivity index (χ1n) is 8.00. The molecule has 1 fully saturated rings. The van der Waals surface area contributed by atoms with Crippen molar-refractivity contribution in [3.05, 3.63) is 53.6 Å². The molecule has 2 aromatic rings. The number of carbonyl (C=O) groups is 1. The van der Waals surface area contributed by atoms with Crippen LogP contribution in [-0.2, 0) is 11.2 Å². The molecule has 1 aliphatic heterocycles. The second kappa shape index (κ2) is 6.53. The van der Waals surface area contributed by atoms with E-state index in [9.17, 15) is 4.79 Å². The van der Waals surface area contributed by atoms with Gasteiger partial charge in [-0.25, -0.2) is 0 Å². The molecule has 5 heteroatoms. The third-order valence-corrected chi connectivity index (χ3v) is 4.51. The van der Waals surface area contributed by atoms with E-state index in [4.69, 9.17) is 15.2 Å². The van der Waals surface area contributed by atoms with Gasteiger partial charge < -0.3 is 20.1 Å². The van der Waals surface area contributed by atoms with E-state index < -0.39 is 6.04 Å². The minimum Gasteiger partial charge on any atom is -0.493 e. The number of anilines is 1. The smallest absolute Gasteiger partial charge is 0.247 e. The molecule has 0 bridgehead atoms. The molecule has 0 radical (unpaired) electrons. The average Bonchev–Trinajstić information content (AvgIpc) is 2.64. The number of carbonyl (C=O) groups excluding carboxylic acids is 1. The van der Waals surface area contributed by atoms with Crippen molar-refractivity contribution >= 4 is 11.6 Å². The summed E-state index contributed by atoms with van der Waals surface area (Å²) in [7, 11) is 3.19. The van der Waals surface area contributed by atoms with E-state index in [-0.39, 0.29) is 11.9 Å². The fraction of sp³-hybridized carbons (Fsp3) is 0.316. The third-order valence-electron chi connectivity index (χ3n) is 4.51. The summed E-state index contributed by atoms with van der Waals surface area (Å²) in [6.45, 7) is 2.10. The SMILES string of the molecule is CCc1ccc(N2C(=O)[C@H](N)[C@H]2c2ccc(OC)c(OC)c2)cc1. The highest BCUT2D eigenvalue weighted by molar-refractivity contribution is 6.05. The molecule has 0 unspecified atom stereocenters. The quantitative estimate of drug-likeness (QED) is 0.858. The van der Waals surface area contributed by atoms with E-state index in [2.05, 4.69) is 6.92 Å². The van der Waals surface area contributed by atoms with Gasteiger partial charge in [0.15, 0.2) is 11.5 Å². The maximum absolute atomic E-state index is 12.3. The van der Waals surface area contributed by atoms with Crippen LogP contribution in [0.5, 0.6) is 11.5 Å². The van der Waals surface area contributed by atoms with Gasteiger partial charge in [0.25, 0.3) is 0 Å². The number of hydrogen-bond acceptors (Lipinski definition) is 4. The van der Waals surface area contributed by atoms with Crippen LogP contribution >= 0.6 is 0 Å². The molecule has 1 saturated heterocycles. The molecule has 2 N–H and O–H groups in total. The van der Waals surface area contributed by atoms with E-state index >= 15 is 0 Å². The average molecular weight is 326 g/mol. The molecule has 0 saturated carbocycles. The maximum Gasteiger partial charge on any atom is 0.247 e. The molecule has 0 spiro atoms. The van der Waals surface area contributed by atoms with E-state index in [1.165, 1.54) is 5.56 Å². The molecule has 5 nitrogen and oxygen atoms in total. The van der Waals surface area contributed by atoms with Crippen molar-refractivity contribution < 1.29 is 14.3 Å². The number of amides is 1. The second-order valence-electron chi connectivity index (χ2n) is 5.81. The summed E-state index contributed by atoms with van der Waals surface area (Å²) in [6, 6.07) is 12.9. The zero-order valence-corrected chi connectivity index (χ0v) is 14.2. The predicted molar refractivity (Wildman–Crippen MR) is 93.6 cm³/mol. The highest BCUT2D eigenvalue weighted by atomic mass is 16.5. The molecule has 1 aliphatic rings. The lowest BCUT2D eigenvalue weighted by Crippen LogP contribution is -2.63. The Bertz CT molecular complexity index is 743. The van der Waals surface area contributed by atoms with Gasteiger partial charge in [-0.3, -0.25) is 4.79 Å². The van der Waals surface area contributed by atoms with E-state index in [1.54, 1.807) is 19.1 Å². The Kier molecular flexibility index (Phi) is 4.44. The fourth-order valence-electron chi connectivity index (χ4n) is 3.08. The summed E-state index contributed by atoms with van der Waals surface area (Å²) in [6.07, 6.45) is 0.965. The number of hydrogen-bond donors (Lipinski definition) is 1. The molecule has 1 heterocycles. The molecule has 2 atom stereocenters. The fourth-order valence-corrected chi connectivity index (χ4v) is 3.08. The Morgan fingerprint density at radius 3 is 2.29 bits per heavy atom. The van der Waals surface area contributed by atoms with Crippen molar-refractivity contribution in [2.75, 3.05) is 19.1 Å². The van der Waals surface area contributed by atoms with Crippen molar-refractivity contribution in [2.45, 2.75) is 25.4 Å². The van der Waals surface area contributed by atoms with Gasteiger partial charge in [-0.15, -0.1) is 0 Å². The zero-order chi connectivity index (χ0) is 17.3. The molecular weight excluding hydrogens is 304 g/mol. The van der Waals surface area contributed by atoms with Gasteiger partial charge in [0.05, 0.1) is 20.3 Å². The first-order chi connectivity index (χ1) is 11.6. The normalized spacial score (nSPS) is 19.8. The predicted octanol–water partition coefficient (Wildman–Crippen LogP) is 2.68. The molecule has 3 rings (SSSR count). The van der Waals surface area contributed by atoms with Crippen LogP contribution in [0, 0.1) is 0 Å². The molecule has 126 valence electrons. The van der Waals surface area contributed by atoms with Crippen LogP contribution in [0.2, 0.25) is 0 Å². The summed E-state index contributed by atoms with van der Waals surface area (Å²) in [5.74, 6) is 1.21. The van der Waals surface area contributed by atoms with Crippen LogP contribution in [0.15, 0.2) is 42.5 Å². The molecule has 0 aliphatic carbocycles. The Labute approximate surface area is 142 Å². The number of nitrogens with two attached hydrogens (primary N) is 1. The topological polar surface area (TPSA) is 64.8 Å². The zero-order valence-electron chi connectivity index (χ0n) is 14.2. The van der Waals surface area contributed by atoms with Crippen molar-refractivity contribution in [1.29, 1.82) is 0 Å². The Hall–Kier alpha value is -2.53. The molecule has 24 heavy (non-hydrogen) atoms. The van der Waals surface area contributed by atoms with E-state index in [0.717, 1.165) is 17.7 Å². The highest BCUT2D eigenvalue weighted by Gasteiger charge is 2.46. The molecule has 2 aromatic carbocycles. The van der Waals surface area contributed by atoms with Gasteiger partial charge >= 0.3 is 0 Å². The number of methoxy groups -OCH3 is 2. The minimum atomic E-state index is -0.547. The van der Waals surface area contributed by atoms with Gasteiger partial charge in [-0.1, -0.05) is 25.1 Å². The van der Waals surface area contributed by atoms with Gasteiger partial charge in [0.2, 0.25) is 5.91 Å². The van der Waals surface area contributed by atoms with E-state index in [1.807, 2.05) is 42.5 Å². The van der Waals surface area contributed by atoms with Crippen LogP contribution in [0.1, 0.15) is 24.1 Å². The van der Waals surface area contributed by atoms with Crippen LogP contribution in [-0.4, -0.2) is 26.2 Å². The first-order valence-corrected chi connectivity index (χ1v) is 8.00. The lowest BCUT2D eigenvalue weighted by molar-refractivity contribution is -0.126. The lowest BCUT2D eigenvalue weighted by atomic mass is 9.88. The van der Waals surface area contributed by atoms with Crippen LogP contribution in [0.4, 0.5) is 5.69 Å². The number of β-lactam (4-membered cyclic amide) rings is 1. The second-order valence-corrected chi connectivity index (χ2v) is 5.81. The van der Waals surface area contributed by atoms with Crippen LogP contribution < -0.4 is 20.1 Å². The number of ether oxygens (including phenoxy) is 2. The monoisotopic (exact) mass is 326 g/mol. The van der Waals surface area contributed by atoms with Crippen LogP contribution in [0.3, 0.4) is 0 Å². The molecular formula is C19H22N2O3. The van der Waals surface area contributed by atoms with Crippen molar-refractivity contribution in [3.8, 4) is 11.5 Å². The van der Waals surface area contributed by atoms with Gasteiger partial charge in [-0.05, 0) is 41.8 Å². The summed E-state index contributed by atoms with van der Waals surface area (Å²) in [4.78, 5) is 14.1. The summed E-state index contributed by atoms with van der Waals surface area (Å²) < 4.78 is 10.6. The number of nitrogens with zero attached hydrogens (tertiary/aromatic N) is 1. The third kappa shape index (κ3) is 2.61. The summed E-state index contributed by atoms with van der Waals surface area (Å²) >= 11 is 0. The number of benzene rings is 2. The van der Waals surface area contributed by atoms with Crippen molar-refractivity contribution in [1.82, 2.24) is 0 Å². The summed E-state index contributed by atoms with van der Waals surface area (Å²) in [5, 5.41) is 0. The van der Waals surface area contributed by atoms with Crippen molar-refractivity contribution in [3.63, 3.8) is 0 Å².